The van der Waals surface area contributed by atoms with E-state index in [2.05, 4.69) is 0 Å². The average Bonchev–Trinajstić information content (AvgIpc) is 3.18. The molecule has 1 saturated carbocycles. The molecule has 7 nitrogen and oxygen atoms in total. The Balaban J connectivity index is 1.50. The molecular weight excluding hydrogens is 298 g/mol. The van der Waals surface area contributed by atoms with Crippen molar-refractivity contribution < 1.29 is 19.1 Å². The molecule has 1 aliphatic carbocycles. The number of urea groups is 1. The van der Waals surface area contributed by atoms with E-state index >= 15 is 0 Å². The maximum Gasteiger partial charge on any atom is 0.314 e. The summed E-state index contributed by atoms with van der Waals surface area (Å²) in [6, 6.07) is -0.386. The van der Waals surface area contributed by atoms with E-state index in [1.165, 1.54) is 0 Å². The second-order valence-corrected chi connectivity index (χ2v) is 6.87. The van der Waals surface area contributed by atoms with Gasteiger partial charge in [0.05, 0.1) is 25.4 Å². The van der Waals surface area contributed by atoms with Gasteiger partial charge in [-0.2, -0.15) is 0 Å². The zero-order chi connectivity index (χ0) is 16.3. The van der Waals surface area contributed by atoms with Crippen LogP contribution in [0, 0.1) is 5.92 Å². The Morgan fingerprint density at radius 3 is 2.70 bits per heavy atom. The van der Waals surface area contributed by atoms with E-state index in [-0.39, 0.29) is 30.1 Å². The maximum atomic E-state index is 12.0. The Kier molecular flexibility index (Phi) is 5.06. The number of carbonyl (C=O) groups excluding carboxylic acids is 2. The van der Waals surface area contributed by atoms with Crippen LogP contribution >= 0.6 is 0 Å². The van der Waals surface area contributed by atoms with Gasteiger partial charge in [0.25, 0.3) is 0 Å². The molecular formula is C16H27N3O4. The van der Waals surface area contributed by atoms with Crippen LogP contribution < -0.4 is 5.73 Å². The number of hydrogen-bond acceptors (Lipinski definition) is 4. The second-order valence-electron chi connectivity index (χ2n) is 6.87. The summed E-state index contributed by atoms with van der Waals surface area (Å²) in [4.78, 5) is 27.0. The smallest absolute Gasteiger partial charge is 0.314 e. The van der Waals surface area contributed by atoms with Gasteiger partial charge in [-0.1, -0.05) is 6.42 Å². The Labute approximate surface area is 137 Å². The van der Waals surface area contributed by atoms with Crippen LogP contribution in [-0.2, 0) is 14.3 Å². The van der Waals surface area contributed by atoms with Gasteiger partial charge in [0.2, 0.25) is 5.91 Å². The van der Waals surface area contributed by atoms with Gasteiger partial charge < -0.3 is 25.0 Å². The van der Waals surface area contributed by atoms with Gasteiger partial charge in [-0.3, -0.25) is 4.79 Å². The molecule has 2 heterocycles. The van der Waals surface area contributed by atoms with E-state index in [4.69, 9.17) is 15.2 Å². The highest BCUT2D eigenvalue weighted by Crippen LogP contribution is 2.41. The topological polar surface area (TPSA) is 85.1 Å². The summed E-state index contributed by atoms with van der Waals surface area (Å²) < 4.78 is 11.8. The van der Waals surface area contributed by atoms with Crippen molar-refractivity contribution in [3.8, 4) is 0 Å². The number of rotatable bonds is 4. The zero-order valence-corrected chi connectivity index (χ0v) is 13.7. The van der Waals surface area contributed by atoms with Crippen LogP contribution in [0.4, 0.5) is 4.79 Å². The summed E-state index contributed by atoms with van der Waals surface area (Å²) in [6.07, 6.45) is 5.17. The minimum atomic E-state index is -0.386. The molecule has 0 unspecified atom stereocenters. The van der Waals surface area contributed by atoms with Crippen LogP contribution in [0.2, 0.25) is 0 Å². The lowest BCUT2D eigenvalue weighted by atomic mass is 9.89. The highest BCUT2D eigenvalue weighted by Gasteiger charge is 2.47. The Hall–Kier alpha value is -1.34. The second kappa shape index (κ2) is 7.05. The number of morpholine rings is 1. The van der Waals surface area contributed by atoms with Crippen molar-refractivity contribution >= 4 is 11.9 Å². The first-order valence-corrected chi connectivity index (χ1v) is 8.65. The van der Waals surface area contributed by atoms with E-state index in [9.17, 15) is 9.59 Å². The average molecular weight is 325 g/mol. The predicted octanol–water partition coefficient (Wildman–Crippen LogP) is 0.575. The molecule has 130 valence electrons. The molecule has 2 aliphatic heterocycles. The van der Waals surface area contributed by atoms with Crippen molar-refractivity contribution in [3.05, 3.63) is 0 Å². The molecule has 3 rings (SSSR count). The lowest BCUT2D eigenvalue weighted by Gasteiger charge is -2.43. The molecule has 3 aliphatic rings. The van der Waals surface area contributed by atoms with E-state index < -0.39 is 0 Å². The van der Waals surface area contributed by atoms with Crippen molar-refractivity contribution in [1.82, 2.24) is 9.80 Å². The van der Waals surface area contributed by atoms with Crippen LogP contribution in [-0.4, -0.2) is 73.3 Å². The van der Waals surface area contributed by atoms with Crippen LogP contribution in [0.3, 0.4) is 0 Å². The molecule has 0 aromatic heterocycles. The van der Waals surface area contributed by atoms with Gasteiger partial charge in [0.15, 0.2) is 0 Å². The third-order valence-corrected chi connectivity index (χ3v) is 5.42. The minimum Gasteiger partial charge on any atom is -0.371 e. The predicted molar refractivity (Wildman–Crippen MR) is 83.8 cm³/mol. The fourth-order valence-corrected chi connectivity index (χ4v) is 4.09. The molecule has 2 saturated heterocycles. The maximum absolute atomic E-state index is 12.0. The summed E-state index contributed by atoms with van der Waals surface area (Å²) in [5, 5.41) is 0. The van der Waals surface area contributed by atoms with Gasteiger partial charge in [-0.05, 0) is 25.7 Å². The fourth-order valence-electron chi connectivity index (χ4n) is 4.09. The van der Waals surface area contributed by atoms with E-state index in [1.807, 2.05) is 4.90 Å². The molecule has 0 aromatic rings. The summed E-state index contributed by atoms with van der Waals surface area (Å²) >= 11 is 0. The SMILES string of the molecule is NC(=O)N1CCO[C@]2(CCC[C@H]2COCC(=O)N2CCCC2)C1. The standard InChI is InChI=1S/C16H27N3O4/c17-15(21)19-8-9-23-16(12-19)5-3-4-13(16)10-22-11-14(20)18-6-1-2-7-18/h13H,1-12H2,(H2,17,21)/t13-,16+/m0/s1. The molecule has 0 radical (unpaired) electrons. The van der Waals surface area contributed by atoms with Crippen LogP contribution in [0.1, 0.15) is 32.1 Å². The first-order valence-electron chi connectivity index (χ1n) is 8.65. The van der Waals surface area contributed by atoms with E-state index in [1.54, 1.807) is 4.90 Å². The largest absolute Gasteiger partial charge is 0.371 e. The number of primary amides is 1. The van der Waals surface area contributed by atoms with Gasteiger partial charge in [0.1, 0.15) is 6.61 Å². The van der Waals surface area contributed by atoms with Gasteiger partial charge in [0, 0.05) is 25.6 Å². The summed E-state index contributed by atoms with van der Waals surface area (Å²) in [5.41, 5.74) is 5.08. The van der Waals surface area contributed by atoms with Crippen LogP contribution in [0.25, 0.3) is 0 Å². The van der Waals surface area contributed by atoms with Crippen molar-refractivity contribution in [2.24, 2.45) is 11.7 Å². The zero-order valence-electron chi connectivity index (χ0n) is 13.7. The lowest BCUT2D eigenvalue weighted by Crippen LogP contribution is -2.57. The summed E-state index contributed by atoms with van der Waals surface area (Å²) in [7, 11) is 0. The van der Waals surface area contributed by atoms with Gasteiger partial charge >= 0.3 is 6.03 Å². The Morgan fingerprint density at radius 2 is 1.96 bits per heavy atom. The Morgan fingerprint density at radius 1 is 1.17 bits per heavy atom. The number of nitrogens with zero attached hydrogens (tertiary/aromatic N) is 2. The summed E-state index contributed by atoms with van der Waals surface area (Å²) in [5.74, 6) is 0.300. The number of likely N-dealkylation sites (tertiary alicyclic amines) is 1. The first-order chi connectivity index (χ1) is 11.1. The highest BCUT2D eigenvalue weighted by atomic mass is 16.5. The monoisotopic (exact) mass is 325 g/mol. The summed E-state index contributed by atoms with van der Waals surface area (Å²) in [6.45, 7) is 3.97. The molecule has 7 heteroatoms. The molecule has 3 amide bonds. The number of carbonyl (C=O) groups is 2. The van der Waals surface area contributed by atoms with Gasteiger partial charge in [-0.15, -0.1) is 0 Å². The molecule has 2 N–H and O–H groups in total. The molecule has 2 atom stereocenters. The van der Waals surface area contributed by atoms with E-state index in [0.29, 0.717) is 26.3 Å². The first kappa shape index (κ1) is 16.5. The van der Waals surface area contributed by atoms with Crippen LogP contribution in [0.15, 0.2) is 0 Å². The number of amides is 3. The quantitative estimate of drug-likeness (QED) is 0.819. The molecule has 0 aromatic carbocycles. The van der Waals surface area contributed by atoms with Crippen molar-refractivity contribution in [2.75, 3.05) is 46.0 Å². The normalized spacial score (nSPS) is 31.0. The lowest BCUT2D eigenvalue weighted by molar-refractivity contribution is -0.144. The minimum absolute atomic E-state index is 0.0814. The molecule has 0 bridgehead atoms. The third kappa shape index (κ3) is 3.61. The third-order valence-electron chi connectivity index (χ3n) is 5.42. The van der Waals surface area contributed by atoms with Crippen molar-refractivity contribution in [2.45, 2.75) is 37.7 Å². The van der Waals surface area contributed by atoms with Crippen LogP contribution in [0.5, 0.6) is 0 Å². The number of nitrogens with two attached hydrogens (primary N) is 1. The van der Waals surface area contributed by atoms with Crippen molar-refractivity contribution in [1.29, 1.82) is 0 Å². The highest BCUT2D eigenvalue weighted by molar-refractivity contribution is 5.77. The number of hydrogen-bond donors (Lipinski definition) is 1. The van der Waals surface area contributed by atoms with Crippen molar-refractivity contribution in [3.63, 3.8) is 0 Å². The fraction of sp³-hybridized carbons (Fsp3) is 0.875. The molecule has 23 heavy (non-hydrogen) atoms. The van der Waals surface area contributed by atoms with E-state index in [0.717, 1.165) is 45.2 Å². The molecule has 1 spiro atoms. The number of ether oxygens (including phenoxy) is 2. The molecule has 3 fully saturated rings. The Bertz CT molecular complexity index is 453. The van der Waals surface area contributed by atoms with Gasteiger partial charge in [-0.25, -0.2) is 4.79 Å².